The first-order chi connectivity index (χ1) is 17.8. The van der Waals surface area contributed by atoms with Crippen molar-refractivity contribution in [3.05, 3.63) is 47.5 Å². The van der Waals surface area contributed by atoms with Gasteiger partial charge in [-0.3, -0.25) is 9.69 Å². The summed E-state index contributed by atoms with van der Waals surface area (Å²) in [5.41, 5.74) is 5.16. The Morgan fingerprint density at radius 3 is 2.43 bits per heavy atom. The molecule has 0 saturated heterocycles. The van der Waals surface area contributed by atoms with Crippen LogP contribution in [0.1, 0.15) is 56.2 Å². The number of nitriles is 1. The summed E-state index contributed by atoms with van der Waals surface area (Å²) in [6.45, 7) is 2.02. The Labute approximate surface area is 215 Å². The zero-order valence-electron chi connectivity index (χ0n) is 21.3. The average Bonchev–Trinajstić information content (AvgIpc) is 3.32. The molecular weight excluding hydrogens is 470 g/mol. The van der Waals surface area contributed by atoms with Crippen molar-refractivity contribution in [2.24, 2.45) is 5.92 Å². The molecule has 1 atom stereocenters. The van der Waals surface area contributed by atoms with Crippen LogP contribution in [0.2, 0.25) is 0 Å². The van der Waals surface area contributed by atoms with Crippen LogP contribution in [-0.4, -0.2) is 46.9 Å². The minimum Gasteiger partial charge on any atom is -0.481 e. The Balaban J connectivity index is 1.65. The highest BCUT2D eigenvalue weighted by Crippen LogP contribution is 2.42. The second kappa shape index (κ2) is 9.77. The van der Waals surface area contributed by atoms with Gasteiger partial charge in [0.1, 0.15) is 0 Å². The Kier molecular flexibility index (Phi) is 6.50. The molecule has 2 aromatic carbocycles. The van der Waals surface area contributed by atoms with Crippen LogP contribution >= 0.6 is 0 Å². The van der Waals surface area contributed by atoms with Crippen LogP contribution in [0.4, 0.5) is 22.1 Å². The summed E-state index contributed by atoms with van der Waals surface area (Å²) < 4.78 is 7.32. The van der Waals surface area contributed by atoms with Crippen molar-refractivity contribution in [1.82, 2.24) is 9.55 Å². The lowest BCUT2D eigenvalue weighted by molar-refractivity contribution is -0.143. The van der Waals surface area contributed by atoms with E-state index in [4.69, 9.17) is 9.72 Å². The number of amides is 1. The number of nitrogens with zero attached hydrogens (tertiary/aromatic N) is 5. The van der Waals surface area contributed by atoms with E-state index in [0.29, 0.717) is 18.4 Å². The van der Waals surface area contributed by atoms with E-state index >= 15 is 0 Å². The standard InChI is InChI=1S/C28H31N5O4/c1-17-4-13-22-23(32(17)28(36)37-3)14-15-24-25(22)30-27(31(2)20-9-5-18(16-29)6-10-20)33(24)21-11-7-19(8-12-21)26(34)35/h5-6,9-10,14-15,17,19,21H,4,7-8,11-13H2,1-3H3,(H,34,35)/t17-,19-,21-/m0/s1. The minimum atomic E-state index is -0.727. The van der Waals surface area contributed by atoms with E-state index < -0.39 is 5.97 Å². The van der Waals surface area contributed by atoms with Gasteiger partial charge >= 0.3 is 12.1 Å². The Bertz CT molecular complexity index is 1380. The molecule has 192 valence electrons. The van der Waals surface area contributed by atoms with Gasteiger partial charge in [0.2, 0.25) is 5.95 Å². The van der Waals surface area contributed by atoms with Crippen LogP contribution in [0.15, 0.2) is 36.4 Å². The zero-order chi connectivity index (χ0) is 26.3. The number of carbonyl (C=O) groups is 2. The zero-order valence-corrected chi connectivity index (χ0v) is 21.3. The van der Waals surface area contributed by atoms with E-state index in [0.717, 1.165) is 59.6 Å². The molecule has 1 saturated carbocycles. The molecule has 9 nitrogen and oxygen atoms in total. The fraction of sp³-hybridized carbons (Fsp3) is 0.429. The van der Waals surface area contributed by atoms with Gasteiger partial charge in [0, 0.05) is 30.4 Å². The first-order valence-electron chi connectivity index (χ1n) is 12.7. The number of aromatic nitrogens is 2. The predicted molar refractivity (Wildman–Crippen MR) is 140 cm³/mol. The molecule has 37 heavy (non-hydrogen) atoms. The number of carbonyl (C=O) groups excluding carboxylic acids is 1. The Hall–Kier alpha value is -4.06. The SMILES string of the molecule is COC(=O)N1c2ccc3c(nc(N(C)c4ccc(C#N)cc4)n3[C@H]3CC[C@H](C(=O)O)CC3)c2CC[C@@H]1C. The lowest BCUT2D eigenvalue weighted by Crippen LogP contribution is -2.42. The topological polar surface area (TPSA) is 112 Å². The maximum absolute atomic E-state index is 12.6. The first-order valence-corrected chi connectivity index (χ1v) is 12.7. The smallest absolute Gasteiger partial charge is 0.414 e. The molecule has 0 radical (unpaired) electrons. The normalized spacial score (nSPS) is 21.2. The molecule has 9 heteroatoms. The van der Waals surface area contributed by atoms with Crippen molar-refractivity contribution in [2.45, 2.75) is 57.5 Å². The van der Waals surface area contributed by atoms with Crippen molar-refractivity contribution >= 4 is 40.4 Å². The number of rotatable bonds is 4. The molecule has 1 aromatic heterocycles. The van der Waals surface area contributed by atoms with Gasteiger partial charge in [0.15, 0.2) is 0 Å². The van der Waals surface area contributed by atoms with Crippen LogP contribution in [0.3, 0.4) is 0 Å². The Morgan fingerprint density at radius 1 is 1.11 bits per heavy atom. The van der Waals surface area contributed by atoms with E-state index in [1.54, 1.807) is 17.0 Å². The number of benzene rings is 2. The number of fused-ring (bicyclic) bond motifs is 3. The quantitative estimate of drug-likeness (QED) is 0.509. The van der Waals surface area contributed by atoms with Crippen molar-refractivity contribution in [2.75, 3.05) is 24.0 Å². The summed E-state index contributed by atoms with van der Waals surface area (Å²) in [6, 6.07) is 13.7. The van der Waals surface area contributed by atoms with E-state index in [9.17, 15) is 20.0 Å². The van der Waals surface area contributed by atoms with Crippen LogP contribution in [0.5, 0.6) is 0 Å². The van der Waals surface area contributed by atoms with Gasteiger partial charge in [-0.1, -0.05) is 0 Å². The highest BCUT2D eigenvalue weighted by Gasteiger charge is 2.34. The molecule has 1 aliphatic carbocycles. The highest BCUT2D eigenvalue weighted by molar-refractivity contribution is 5.96. The van der Waals surface area contributed by atoms with Gasteiger partial charge < -0.3 is 19.3 Å². The monoisotopic (exact) mass is 501 g/mol. The third-order valence-corrected chi connectivity index (χ3v) is 7.90. The number of methoxy groups -OCH3 is 1. The largest absolute Gasteiger partial charge is 0.481 e. The fourth-order valence-corrected chi connectivity index (χ4v) is 5.82. The average molecular weight is 502 g/mol. The summed E-state index contributed by atoms with van der Waals surface area (Å²) in [5.74, 6) is -0.279. The van der Waals surface area contributed by atoms with Gasteiger partial charge in [0.05, 0.1) is 41.4 Å². The summed E-state index contributed by atoms with van der Waals surface area (Å²) in [7, 11) is 3.35. The third kappa shape index (κ3) is 4.26. The number of hydrogen-bond acceptors (Lipinski definition) is 6. The summed E-state index contributed by atoms with van der Waals surface area (Å²) in [6.07, 6.45) is 3.96. The molecule has 1 fully saturated rings. The maximum atomic E-state index is 12.6. The van der Waals surface area contributed by atoms with Gasteiger partial charge in [-0.15, -0.1) is 0 Å². The molecule has 0 spiro atoms. The predicted octanol–water partition coefficient (Wildman–Crippen LogP) is 5.40. The van der Waals surface area contributed by atoms with Gasteiger partial charge in [-0.05, 0) is 81.8 Å². The Morgan fingerprint density at radius 2 is 1.81 bits per heavy atom. The number of ether oxygens (including phenoxy) is 1. The van der Waals surface area contributed by atoms with Crippen LogP contribution in [0, 0.1) is 17.2 Å². The van der Waals surface area contributed by atoms with Crippen LogP contribution in [-0.2, 0) is 16.0 Å². The second-order valence-electron chi connectivity index (χ2n) is 10.0. The van der Waals surface area contributed by atoms with E-state index in [2.05, 4.69) is 10.6 Å². The molecule has 3 aromatic rings. The molecule has 5 rings (SSSR count). The maximum Gasteiger partial charge on any atom is 0.414 e. The molecule has 0 bridgehead atoms. The molecule has 2 aliphatic rings. The van der Waals surface area contributed by atoms with E-state index in [1.165, 1.54) is 7.11 Å². The number of hydrogen-bond donors (Lipinski definition) is 1. The lowest BCUT2D eigenvalue weighted by Gasteiger charge is -2.34. The van der Waals surface area contributed by atoms with Crippen molar-refractivity contribution < 1.29 is 19.4 Å². The lowest BCUT2D eigenvalue weighted by atomic mass is 9.86. The number of carboxylic acid groups (broad SMARTS) is 1. The number of imidazole rings is 1. The van der Waals surface area contributed by atoms with E-state index in [-0.39, 0.29) is 24.1 Å². The van der Waals surface area contributed by atoms with Crippen LogP contribution < -0.4 is 9.80 Å². The van der Waals surface area contributed by atoms with Crippen molar-refractivity contribution in [3.63, 3.8) is 0 Å². The first kappa shape index (κ1) is 24.6. The van der Waals surface area contributed by atoms with Crippen LogP contribution in [0.25, 0.3) is 11.0 Å². The molecule has 2 heterocycles. The molecule has 0 unspecified atom stereocenters. The summed E-state index contributed by atoms with van der Waals surface area (Å²) in [4.78, 5) is 33.1. The summed E-state index contributed by atoms with van der Waals surface area (Å²) >= 11 is 0. The number of carboxylic acids is 1. The molecule has 1 N–H and O–H groups in total. The second-order valence-corrected chi connectivity index (χ2v) is 10.0. The third-order valence-electron chi connectivity index (χ3n) is 7.90. The fourth-order valence-electron chi connectivity index (χ4n) is 5.82. The van der Waals surface area contributed by atoms with E-state index in [1.807, 2.05) is 43.1 Å². The number of aliphatic carboxylic acids is 1. The minimum absolute atomic E-state index is 0.0200. The molecule has 1 amide bonds. The van der Waals surface area contributed by atoms with Gasteiger partial charge in [0.25, 0.3) is 0 Å². The summed E-state index contributed by atoms with van der Waals surface area (Å²) in [5, 5.41) is 18.7. The molecular formula is C28H31N5O4. The van der Waals surface area contributed by atoms with Crippen molar-refractivity contribution in [3.8, 4) is 6.07 Å². The number of aryl methyl sites for hydroxylation is 1. The van der Waals surface area contributed by atoms with Crippen molar-refractivity contribution in [1.29, 1.82) is 5.26 Å². The number of anilines is 3. The highest BCUT2D eigenvalue weighted by atomic mass is 16.5. The van der Waals surface area contributed by atoms with Gasteiger partial charge in [-0.2, -0.15) is 5.26 Å². The van der Waals surface area contributed by atoms with Gasteiger partial charge in [-0.25, -0.2) is 9.78 Å². The molecule has 1 aliphatic heterocycles.